The molecular weight excluding hydrogens is 989 g/mol. The number of fused-ring (bicyclic) bond motifs is 7. The molecule has 0 radical (unpaired) electrons. The zero-order valence-electron chi connectivity index (χ0n) is 44.2. The van der Waals surface area contributed by atoms with Gasteiger partial charge in [-0.15, -0.1) is 0 Å². The lowest BCUT2D eigenvalue weighted by molar-refractivity contribution is -0.365. The maximum absolute atomic E-state index is 15.1. The lowest BCUT2D eigenvalue weighted by Crippen LogP contribution is -2.67. The molecule has 4 saturated carbocycles. The molecule has 22 nitrogen and oxygen atoms in total. The fourth-order valence-corrected chi connectivity index (χ4v) is 16.1. The van der Waals surface area contributed by atoms with Crippen LogP contribution >= 0.6 is 0 Å². The zero-order chi connectivity index (χ0) is 54.7. The smallest absolute Gasteiger partial charge is 0.315 e. The number of aliphatic hydroxyl groups is 13. The van der Waals surface area contributed by atoms with Crippen molar-refractivity contribution < 1.29 is 109 Å². The summed E-state index contributed by atoms with van der Waals surface area (Å²) in [5.41, 5.74) is -1.70. The summed E-state index contributed by atoms with van der Waals surface area (Å²) < 4.78 is 47.6. The highest BCUT2D eigenvalue weighted by atomic mass is 16.8. The molecule has 9 aliphatic rings. The van der Waals surface area contributed by atoms with Gasteiger partial charge in [-0.05, 0) is 111 Å². The van der Waals surface area contributed by atoms with Crippen LogP contribution in [0.5, 0.6) is 0 Å². The Morgan fingerprint density at radius 1 is 0.640 bits per heavy atom. The van der Waals surface area contributed by atoms with Crippen molar-refractivity contribution >= 4 is 5.97 Å². The van der Waals surface area contributed by atoms with Gasteiger partial charge in [0.25, 0.3) is 0 Å². The Bertz CT molecular complexity index is 2060. The van der Waals surface area contributed by atoms with Crippen molar-refractivity contribution in [2.75, 3.05) is 26.4 Å². The number of carbonyl (C=O) groups is 1. The largest absolute Gasteiger partial charge is 0.432 e. The van der Waals surface area contributed by atoms with Gasteiger partial charge in [0.15, 0.2) is 18.9 Å². The van der Waals surface area contributed by atoms with E-state index in [2.05, 4.69) is 40.7 Å². The highest BCUT2D eigenvalue weighted by Crippen LogP contribution is 2.76. The van der Waals surface area contributed by atoms with Crippen LogP contribution in [0.3, 0.4) is 0 Å². The van der Waals surface area contributed by atoms with Crippen LogP contribution in [0.4, 0.5) is 0 Å². The highest BCUT2D eigenvalue weighted by molar-refractivity contribution is 5.79. The predicted octanol–water partition coefficient (Wildman–Crippen LogP) is -1.40. The summed E-state index contributed by atoms with van der Waals surface area (Å²) in [6.45, 7) is 13.2. The van der Waals surface area contributed by atoms with E-state index in [0.29, 0.717) is 38.5 Å². The van der Waals surface area contributed by atoms with Crippen molar-refractivity contribution in [1.29, 1.82) is 0 Å². The molecule has 5 aliphatic carbocycles. The topological polar surface area (TPSA) is 354 Å². The minimum Gasteiger partial charge on any atom is -0.432 e. The van der Waals surface area contributed by atoms with E-state index in [-0.39, 0.29) is 52.6 Å². The number of aliphatic hydroxyl groups excluding tert-OH is 13. The number of rotatable bonds is 11. The highest BCUT2D eigenvalue weighted by Gasteiger charge is 2.71. The molecule has 4 aliphatic heterocycles. The zero-order valence-corrected chi connectivity index (χ0v) is 44.2. The SMILES string of the molecule is C[C@@H]1O[C@@H](O[C@@H]2[C@@H](O[C@H]3CC[C@@]4(C)[C@@H](CC[C@]5(C)[C@@H]4CC=C4[C@@H]6CC(C)(C)CC[C@]6(C(=O)O[C@@H]6O[C@H](CO[C@@H]7O[C@H](CO)[C@@H](O)[C@H](O)[C@H]7O)[C@@H](O)[C@H](O)[C@H]6O)CC[C@]45C)[C@]3(C)CO)OC[C@@H](O)[C@H]2O)[C@H](O)[C@H](O)[C@H]1O. The van der Waals surface area contributed by atoms with Crippen LogP contribution in [0.15, 0.2) is 11.6 Å². The number of allylic oxidation sites excluding steroid dienone is 2. The minimum atomic E-state index is -1.84. The summed E-state index contributed by atoms with van der Waals surface area (Å²) in [7, 11) is 0. The second kappa shape index (κ2) is 21.1. The molecule has 13 N–H and O–H groups in total. The van der Waals surface area contributed by atoms with E-state index in [1.54, 1.807) is 0 Å². The lowest BCUT2D eigenvalue weighted by Gasteiger charge is -2.71. The Morgan fingerprint density at radius 3 is 1.95 bits per heavy atom. The molecule has 75 heavy (non-hydrogen) atoms. The van der Waals surface area contributed by atoms with E-state index >= 15 is 4.79 Å². The number of carbonyl (C=O) groups excluding carboxylic acids is 1. The van der Waals surface area contributed by atoms with E-state index in [0.717, 1.165) is 25.7 Å². The fraction of sp³-hybridized carbons (Fsp3) is 0.943. The van der Waals surface area contributed by atoms with E-state index in [1.807, 2.05) is 6.92 Å². The molecule has 430 valence electrons. The van der Waals surface area contributed by atoms with Gasteiger partial charge < -0.3 is 104 Å². The third kappa shape index (κ3) is 9.50. The quantitative estimate of drug-likeness (QED) is 0.0643. The van der Waals surface area contributed by atoms with Crippen LogP contribution in [0.25, 0.3) is 0 Å². The molecule has 4 heterocycles. The molecule has 0 amide bonds. The molecule has 0 bridgehead atoms. The summed E-state index contributed by atoms with van der Waals surface area (Å²) >= 11 is 0. The average molecular weight is 1080 g/mol. The molecule has 8 fully saturated rings. The first-order valence-electron chi connectivity index (χ1n) is 27.3. The van der Waals surface area contributed by atoms with Gasteiger partial charge in [-0.2, -0.15) is 0 Å². The van der Waals surface area contributed by atoms with Gasteiger partial charge in [0.1, 0.15) is 85.5 Å². The Hall–Kier alpha value is -1.59. The van der Waals surface area contributed by atoms with Crippen molar-refractivity contribution in [2.24, 2.45) is 50.2 Å². The van der Waals surface area contributed by atoms with Gasteiger partial charge in [-0.1, -0.05) is 53.2 Å². The van der Waals surface area contributed by atoms with Gasteiger partial charge in [0.2, 0.25) is 6.29 Å². The Labute approximate surface area is 437 Å². The van der Waals surface area contributed by atoms with Gasteiger partial charge in [-0.3, -0.25) is 4.79 Å². The number of esters is 1. The minimum absolute atomic E-state index is 0.0432. The van der Waals surface area contributed by atoms with Crippen LogP contribution in [0.2, 0.25) is 0 Å². The maximum Gasteiger partial charge on any atom is 0.315 e. The molecule has 4 saturated heterocycles. The van der Waals surface area contributed by atoms with E-state index in [9.17, 15) is 66.4 Å². The third-order valence-corrected chi connectivity index (χ3v) is 21.1. The van der Waals surface area contributed by atoms with Crippen LogP contribution < -0.4 is 0 Å². The fourth-order valence-electron chi connectivity index (χ4n) is 16.1. The second-order valence-corrected chi connectivity index (χ2v) is 25.7. The van der Waals surface area contributed by atoms with Gasteiger partial charge in [-0.25, -0.2) is 0 Å². The van der Waals surface area contributed by atoms with Gasteiger partial charge >= 0.3 is 5.97 Å². The molecule has 0 aromatic carbocycles. The van der Waals surface area contributed by atoms with Crippen molar-refractivity contribution in [2.45, 2.75) is 235 Å². The standard InChI is InChI=1S/C53H86O22/c1-23-32(57)36(61)40(65)44(70-23)74-42-33(58)26(56)20-68-46(42)73-31-11-12-49(4)29(50(31,5)22-55)10-13-52(7)30(49)9-8-24-25-18-48(2,3)14-16-53(25,17-15-51(24,52)6)47(67)75-45-41(66)38(63)35(60)28(72-45)21-69-43-39(64)37(62)34(59)27(19-54)71-43/h8,23,25-46,54-66H,9-22H2,1-7H3/t23-,25-,26+,27+,28+,29+,30+,31-,32-,33+,34+,35+,36+,37-,38-,39+,40+,41+,42-,43+,44-,45-,46+,49-,50-,51+,52+,53-/m0/s1. The predicted molar refractivity (Wildman–Crippen MR) is 257 cm³/mol. The van der Waals surface area contributed by atoms with Crippen LogP contribution in [-0.2, 0) is 42.7 Å². The Kier molecular flexibility index (Phi) is 16.3. The summed E-state index contributed by atoms with van der Waals surface area (Å²) in [4.78, 5) is 15.1. The summed E-state index contributed by atoms with van der Waals surface area (Å²) in [5, 5.41) is 139. The molecule has 0 aromatic rings. The lowest BCUT2D eigenvalue weighted by atomic mass is 9.33. The number of ether oxygens (including phenoxy) is 8. The van der Waals surface area contributed by atoms with Gasteiger partial charge in [0, 0.05) is 5.41 Å². The van der Waals surface area contributed by atoms with Crippen molar-refractivity contribution in [1.82, 2.24) is 0 Å². The van der Waals surface area contributed by atoms with Crippen LogP contribution in [0, 0.1) is 50.2 Å². The third-order valence-electron chi connectivity index (χ3n) is 21.1. The van der Waals surface area contributed by atoms with Crippen LogP contribution in [-0.4, -0.2) is 222 Å². The number of hydrogen-bond acceptors (Lipinski definition) is 22. The summed E-state index contributed by atoms with van der Waals surface area (Å²) in [5.74, 6) is -0.732. The molecule has 28 atom stereocenters. The molecule has 0 unspecified atom stereocenters. The normalized spacial score (nSPS) is 54.8. The monoisotopic (exact) mass is 1070 g/mol. The number of hydrogen-bond donors (Lipinski definition) is 13. The molecule has 0 aromatic heterocycles. The molecule has 9 rings (SSSR count). The molecular formula is C53H86O22. The first-order valence-corrected chi connectivity index (χ1v) is 27.3. The Morgan fingerprint density at radius 2 is 1.27 bits per heavy atom. The van der Waals surface area contributed by atoms with Crippen LogP contribution in [0.1, 0.15) is 113 Å². The van der Waals surface area contributed by atoms with Gasteiger partial charge in [0.05, 0.1) is 44.1 Å². The first kappa shape index (κ1) is 58.1. The van der Waals surface area contributed by atoms with E-state index in [1.165, 1.54) is 12.5 Å². The summed E-state index contributed by atoms with van der Waals surface area (Å²) in [6, 6.07) is 0. The van der Waals surface area contributed by atoms with Crippen molar-refractivity contribution in [3.05, 3.63) is 11.6 Å². The van der Waals surface area contributed by atoms with E-state index in [4.69, 9.17) is 37.9 Å². The maximum atomic E-state index is 15.1. The second-order valence-electron chi connectivity index (χ2n) is 25.7. The molecule has 22 heteroatoms. The van der Waals surface area contributed by atoms with E-state index < -0.39 is 153 Å². The average Bonchev–Trinajstić information content (AvgIpc) is 3.37. The van der Waals surface area contributed by atoms with Crippen molar-refractivity contribution in [3.63, 3.8) is 0 Å². The van der Waals surface area contributed by atoms with Crippen molar-refractivity contribution in [3.8, 4) is 0 Å². The summed E-state index contributed by atoms with van der Waals surface area (Å²) in [6.07, 6.45) is -20.8. The Balaban J connectivity index is 0.931. The first-order chi connectivity index (χ1) is 35.1. The molecule has 0 spiro atoms.